The molecule has 6 heteroatoms. The average Bonchev–Trinajstić information content (AvgIpc) is 2.83. The van der Waals surface area contributed by atoms with Gasteiger partial charge < -0.3 is 10.3 Å². The van der Waals surface area contributed by atoms with Crippen LogP contribution in [-0.2, 0) is 0 Å². The van der Waals surface area contributed by atoms with E-state index >= 15 is 0 Å². The maximum atomic E-state index is 8.85. The number of H-pyrrole nitrogens is 1. The quantitative estimate of drug-likeness (QED) is 0.802. The van der Waals surface area contributed by atoms with Gasteiger partial charge in [0.25, 0.3) is 0 Å². The second-order valence-corrected chi connectivity index (χ2v) is 3.21. The van der Waals surface area contributed by atoms with Crippen LogP contribution in [0.4, 0.5) is 5.82 Å². The first-order valence-electron chi connectivity index (χ1n) is 4.78. The summed E-state index contributed by atoms with van der Waals surface area (Å²) in [4.78, 5) is 15.1. The van der Waals surface area contributed by atoms with Crippen LogP contribution in [0.15, 0.2) is 24.8 Å². The summed E-state index contributed by atoms with van der Waals surface area (Å²) >= 11 is 0. The van der Waals surface area contributed by atoms with E-state index < -0.39 is 0 Å². The van der Waals surface area contributed by atoms with Gasteiger partial charge in [-0.3, -0.25) is 0 Å². The topological polar surface area (TPSA) is 90.3 Å². The summed E-state index contributed by atoms with van der Waals surface area (Å²) in [5.74, 6) is 1.25. The fraction of sp³-hybridized carbons (Fsp3) is 0.200. The Balaban J connectivity index is 2.19. The molecule has 6 nitrogen and oxygen atoms in total. The van der Waals surface area contributed by atoms with Crippen molar-refractivity contribution in [1.82, 2.24) is 19.9 Å². The van der Waals surface area contributed by atoms with Gasteiger partial charge in [0, 0.05) is 24.8 Å². The summed E-state index contributed by atoms with van der Waals surface area (Å²) in [6, 6.07) is 1.92. The predicted molar refractivity (Wildman–Crippen MR) is 57.4 cm³/mol. The minimum Gasteiger partial charge on any atom is -0.358 e. The Bertz CT molecular complexity index is 498. The van der Waals surface area contributed by atoms with Gasteiger partial charge in [0.2, 0.25) is 0 Å². The molecule has 80 valence electrons. The molecule has 0 amide bonds. The van der Waals surface area contributed by atoms with E-state index in [9.17, 15) is 0 Å². The van der Waals surface area contributed by atoms with Crippen molar-refractivity contribution in [3.05, 3.63) is 36.3 Å². The minimum absolute atomic E-state index is 0.0567. The molecule has 2 aromatic heterocycles. The van der Waals surface area contributed by atoms with E-state index in [1.165, 1.54) is 12.4 Å². The van der Waals surface area contributed by atoms with Crippen LogP contribution in [-0.4, -0.2) is 19.9 Å². The van der Waals surface area contributed by atoms with Crippen LogP contribution in [0.3, 0.4) is 0 Å². The first kappa shape index (κ1) is 10.1. The van der Waals surface area contributed by atoms with Crippen LogP contribution in [0, 0.1) is 11.3 Å². The number of hydrogen-bond donors (Lipinski definition) is 2. The largest absolute Gasteiger partial charge is 0.358 e. The Morgan fingerprint density at radius 3 is 2.81 bits per heavy atom. The van der Waals surface area contributed by atoms with Gasteiger partial charge in [0.15, 0.2) is 11.5 Å². The van der Waals surface area contributed by atoms with E-state index in [4.69, 9.17) is 5.26 Å². The summed E-state index contributed by atoms with van der Waals surface area (Å²) in [5.41, 5.74) is 0.279. The van der Waals surface area contributed by atoms with Gasteiger partial charge in [-0.25, -0.2) is 15.0 Å². The maximum Gasteiger partial charge on any atom is 0.182 e. The summed E-state index contributed by atoms with van der Waals surface area (Å²) in [6.07, 6.45) is 6.45. The number of nitrogens with zero attached hydrogens (tertiary/aromatic N) is 4. The number of aromatic nitrogens is 4. The SMILES string of the molecule is CC(Nc1nccnc1C#N)c1ncc[nH]1. The van der Waals surface area contributed by atoms with E-state index in [-0.39, 0.29) is 11.7 Å². The lowest BCUT2D eigenvalue weighted by atomic mass is 10.3. The van der Waals surface area contributed by atoms with Crippen LogP contribution >= 0.6 is 0 Å². The van der Waals surface area contributed by atoms with Crippen molar-refractivity contribution in [2.24, 2.45) is 0 Å². The Labute approximate surface area is 92.4 Å². The van der Waals surface area contributed by atoms with Crippen molar-refractivity contribution >= 4 is 5.82 Å². The lowest BCUT2D eigenvalue weighted by molar-refractivity contribution is 0.801. The monoisotopic (exact) mass is 214 g/mol. The van der Waals surface area contributed by atoms with Crippen molar-refractivity contribution in [3.8, 4) is 6.07 Å². The van der Waals surface area contributed by atoms with E-state index in [1.807, 2.05) is 13.0 Å². The predicted octanol–water partition coefficient (Wildman–Crippen LogP) is 1.24. The first-order valence-corrected chi connectivity index (χ1v) is 4.78. The highest BCUT2D eigenvalue weighted by atomic mass is 15.1. The third-order valence-electron chi connectivity index (χ3n) is 2.09. The Morgan fingerprint density at radius 2 is 2.12 bits per heavy atom. The van der Waals surface area contributed by atoms with E-state index in [0.29, 0.717) is 5.82 Å². The van der Waals surface area contributed by atoms with Crippen molar-refractivity contribution in [3.63, 3.8) is 0 Å². The molecule has 2 heterocycles. The smallest absolute Gasteiger partial charge is 0.182 e. The molecule has 0 saturated carbocycles. The Hall–Kier alpha value is -2.42. The second kappa shape index (κ2) is 4.40. The van der Waals surface area contributed by atoms with Crippen LogP contribution in [0.2, 0.25) is 0 Å². The number of nitrogens with one attached hydrogen (secondary N) is 2. The third-order valence-corrected chi connectivity index (χ3v) is 2.09. The summed E-state index contributed by atoms with van der Waals surface area (Å²) in [6.45, 7) is 1.93. The van der Waals surface area contributed by atoms with Gasteiger partial charge in [0.1, 0.15) is 11.9 Å². The van der Waals surface area contributed by atoms with Crippen LogP contribution in [0.1, 0.15) is 24.5 Å². The molecule has 16 heavy (non-hydrogen) atoms. The zero-order valence-corrected chi connectivity index (χ0v) is 8.68. The fourth-order valence-corrected chi connectivity index (χ4v) is 1.31. The molecule has 2 N–H and O–H groups in total. The van der Waals surface area contributed by atoms with Gasteiger partial charge in [-0.1, -0.05) is 0 Å². The summed E-state index contributed by atoms with van der Waals surface area (Å²) in [7, 11) is 0. The van der Waals surface area contributed by atoms with E-state index in [1.54, 1.807) is 12.4 Å². The molecule has 0 fully saturated rings. The number of nitriles is 1. The van der Waals surface area contributed by atoms with Crippen molar-refractivity contribution in [1.29, 1.82) is 5.26 Å². The van der Waals surface area contributed by atoms with Crippen LogP contribution in [0.25, 0.3) is 0 Å². The highest BCUT2D eigenvalue weighted by Gasteiger charge is 2.11. The lowest BCUT2D eigenvalue weighted by Gasteiger charge is -2.12. The van der Waals surface area contributed by atoms with Crippen LogP contribution in [0.5, 0.6) is 0 Å². The molecular formula is C10H10N6. The molecule has 0 saturated heterocycles. The molecule has 0 aliphatic carbocycles. The molecular weight excluding hydrogens is 204 g/mol. The molecule has 0 aromatic carbocycles. The maximum absolute atomic E-state index is 8.85. The highest BCUT2D eigenvalue weighted by molar-refractivity contribution is 5.47. The third kappa shape index (κ3) is 1.98. The minimum atomic E-state index is -0.0567. The summed E-state index contributed by atoms with van der Waals surface area (Å²) in [5, 5.41) is 11.9. The normalized spacial score (nSPS) is 11.8. The lowest BCUT2D eigenvalue weighted by Crippen LogP contribution is -2.11. The van der Waals surface area contributed by atoms with Crippen molar-refractivity contribution < 1.29 is 0 Å². The summed E-state index contributed by atoms with van der Waals surface area (Å²) < 4.78 is 0. The number of hydrogen-bond acceptors (Lipinski definition) is 5. The van der Waals surface area contributed by atoms with Crippen LogP contribution < -0.4 is 5.32 Å². The Kier molecular flexibility index (Phi) is 2.78. The molecule has 2 aromatic rings. The first-order chi connectivity index (χ1) is 7.81. The second-order valence-electron chi connectivity index (χ2n) is 3.21. The molecule has 1 unspecified atom stereocenters. The average molecular weight is 214 g/mol. The molecule has 0 aliphatic rings. The fourth-order valence-electron chi connectivity index (χ4n) is 1.31. The van der Waals surface area contributed by atoms with Gasteiger partial charge in [-0.15, -0.1) is 0 Å². The zero-order valence-electron chi connectivity index (χ0n) is 8.68. The molecule has 0 aliphatic heterocycles. The van der Waals surface area contributed by atoms with Gasteiger partial charge >= 0.3 is 0 Å². The van der Waals surface area contributed by atoms with E-state index in [0.717, 1.165) is 5.82 Å². The molecule has 2 rings (SSSR count). The van der Waals surface area contributed by atoms with Gasteiger partial charge in [0.05, 0.1) is 6.04 Å². The number of rotatable bonds is 3. The van der Waals surface area contributed by atoms with Gasteiger partial charge in [-0.05, 0) is 6.92 Å². The zero-order chi connectivity index (χ0) is 11.4. The number of anilines is 1. The molecule has 0 radical (unpaired) electrons. The standard InChI is InChI=1S/C10H10N6/c1-7(9-13-4-5-14-9)16-10-8(6-11)12-2-3-15-10/h2-5,7H,1H3,(H,13,14)(H,15,16). The van der Waals surface area contributed by atoms with Gasteiger partial charge in [-0.2, -0.15) is 5.26 Å². The molecule has 1 atom stereocenters. The van der Waals surface area contributed by atoms with Crippen molar-refractivity contribution in [2.45, 2.75) is 13.0 Å². The van der Waals surface area contributed by atoms with E-state index in [2.05, 4.69) is 25.3 Å². The molecule has 0 spiro atoms. The Morgan fingerprint density at radius 1 is 1.31 bits per heavy atom. The number of aromatic amines is 1. The van der Waals surface area contributed by atoms with Crippen molar-refractivity contribution in [2.75, 3.05) is 5.32 Å². The molecule has 0 bridgehead atoms. The highest BCUT2D eigenvalue weighted by Crippen LogP contribution is 2.15. The number of imidazole rings is 1.